The number of hydrogen-bond acceptors (Lipinski definition) is 2. The Morgan fingerprint density at radius 2 is 1.70 bits per heavy atom. The summed E-state index contributed by atoms with van der Waals surface area (Å²) in [7, 11) is 0. The van der Waals surface area contributed by atoms with Gasteiger partial charge in [0.25, 0.3) is 5.91 Å². The molecule has 3 nitrogen and oxygen atoms in total. The number of benzene rings is 2. The van der Waals surface area contributed by atoms with E-state index in [-0.39, 0.29) is 12.5 Å². The molecule has 0 fully saturated rings. The zero-order valence-corrected chi connectivity index (χ0v) is 14.1. The van der Waals surface area contributed by atoms with Crippen LogP contribution in [0.3, 0.4) is 0 Å². The van der Waals surface area contributed by atoms with E-state index in [1.54, 1.807) is 0 Å². The largest absolute Gasteiger partial charge is 0.484 e. The predicted molar refractivity (Wildman–Crippen MR) is 95.1 cm³/mol. The summed E-state index contributed by atoms with van der Waals surface area (Å²) in [6, 6.07) is 15.8. The molecule has 2 aromatic rings. The van der Waals surface area contributed by atoms with Crippen LogP contribution in [0.15, 0.2) is 48.5 Å². The minimum absolute atomic E-state index is 0.0121. The van der Waals surface area contributed by atoms with Gasteiger partial charge in [-0.2, -0.15) is 0 Å². The Bertz CT molecular complexity index is 617. The molecule has 0 aliphatic rings. The van der Waals surface area contributed by atoms with Gasteiger partial charge in [0, 0.05) is 5.69 Å². The summed E-state index contributed by atoms with van der Waals surface area (Å²) >= 11 is 0. The number of carbonyl (C=O) groups is 1. The molecule has 3 heteroatoms. The van der Waals surface area contributed by atoms with Crippen LogP contribution in [0.25, 0.3) is 0 Å². The van der Waals surface area contributed by atoms with Crippen molar-refractivity contribution in [3.8, 4) is 5.75 Å². The third-order valence-corrected chi connectivity index (χ3v) is 4.08. The lowest BCUT2D eigenvalue weighted by Gasteiger charge is -2.11. The molecule has 0 bridgehead atoms. The van der Waals surface area contributed by atoms with Gasteiger partial charge in [-0.05, 0) is 54.2 Å². The van der Waals surface area contributed by atoms with Gasteiger partial charge in [-0.1, -0.05) is 45.0 Å². The first kappa shape index (κ1) is 17.1. The third-order valence-electron chi connectivity index (χ3n) is 4.08. The van der Waals surface area contributed by atoms with E-state index in [4.69, 9.17) is 4.74 Å². The van der Waals surface area contributed by atoms with Crippen LogP contribution < -0.4 is 10.1 Å². The first-order valence-corrected chi connectivity index (χ1v) is 8.24. The molecule has 23 heavy (non-hydrogen) atoms. The van der Waals surface area contributed by atoms with Crippen LogP contribution in [0, 0.1) is 0 Å². The molecule has 2 rings (SSSR count). The average molecular weight is 311 g/mol. The number of ether oxygens (including phenoxy) is 1. The number of hydrogen-bond donors (Lipinski definition) is 1. The van der Waals surface area contributed by atoms with Gasteiger partial charge >= 0.3 is 0 Å². The summed E-state index contributed by atoms with van der Waals surface area (Å²) < 4.78 is 5.54. The van der Waals surface area contributed by atoms with Crippen molar-refractivity contribution >= 4 is 11.6 Å². The standard InChI is InChI=1S/C20H25NO2/c1-4-15(3)17-8-12-19(13-9-17)23-14-20(22)21-18-10-6-16(5-2)7-11-18/h6-13,15H,4-5,14H2,1-3H3,(H,21,22)/t15-/m1/s1. The van der Waals surface area contributed by atoms with Crippen molar-refractivity contribution in [2.45, 2.75) is 39.5 Å². The van der Waals surface area contributed by atoms with Crippen molar-refractivity contribution in [1.29, 1.82) is 0 Å². The molecule has 0 spiro atoms. The van der Waals surface area contributed by atoms with Gasteiger partial charge in [0.15, 0.2) is 6.61 Å². The van der Waals surface area contributed by atoms with Crippen molar-refractivity contribution in [3.05, 3.63) is 59.7 Å². The van der Waals surface area contributed by atoms with Gasteiger partial charge in [0.1, 0.15) is 5.75 Å². The first-order chi connectivity index (χ1) is 11.1. The van der Waals surface area contributed by atoms with E-state index in [0.29, 0.717) is 11.7 Å². The molecule has 1 atom stereocenters. The van der Waals surface area contributed by atoms with Crippen LogP contribution in [0.1, 0.15) is 44.2 Å². The van der Waals surface area contributed by atoms with Crippen molar-refractivity contribution in [2.24, 2.45) is 0 Å². The average Bonchev–Trinajstić information content (AvgIpc) is 2.60. The Morgan fingerprint density at radius 1 is 1.04 bits per heavy atom. The Hall–Kier alpha value is -2.29. The zero-order valence-electron chi connectivity index (χ0n) is 14.1. The third kappa shape index (κ3) is 5.13. The van der Waals surface area contributed by atoms with Crippen LogP contribution in [0.5, 0.6) is 5.75 Å². The highest BCUT2D eigenvalue weighted by Gasteiger charge is 2.06. The number of anilines is 1. The van der Waals surface area contributed by atoms with Crippen molar-refractivity contribution < 1.29 is 9.53 Å². The van der Waals surface area contributed by atoms with Crippen LogP contribution in [0.2, 0.25) is 0 Å². The maximum absolute atomic E-state index is 11.9. The number of rotatable bonds is 7. The first-order valence-electron chi connectivity index (χ1n) is 8.24. The number of aryl methyl sites for hydroxylation is 1. The second kappa shape index (κ2) is 8.37. The fraction of sp³-hybridized carbons (Fsp3) is 0.350. The minimum atomic E-state index is -0.153. The molecular formula is C20H25NO2. The highest BCUT2D eigenvalue weighted by atomic mass is 16.5. The summed E-state index contributed by atoms with van der Waals surface area (Å²) in [4.78, 5) is 11.9. The van der Waals surface area contributed by atoms with Gasteiger partial charge in [0.05, 0.1) is 0 Å². The highest BCUT2D eigenvalue weighted by molar-refractivity contribution is 5.91. The molecule has 2 aromatic carbocycles. The number of carbonyl (C=O) groups excluding carboxylic acids is 1. The summed E-state index contributed by atoms with van der Waals surface area (Å²) in [6.07, 6.45) is 2.10. The monoisotopic (exact) mass is 311 g/mol. The molecule has 1 N–H and O–H groups in total. The number of amides is 1. The molecule has 0 saturated carbocycles. The Balaban J connectivity index is 1.83. The zero-order chi connectivity index (χ0) is 16.7. The lowest BCUT2D eigenvalue weighted by Crippen LogP contribution is -2.20. The van der Waals surface area contributed by atoms with Crippen LogP contribution >= 0.6 is 0 Å². The topological polar surface area (TPSA) is 38.3 Å². The van der Waals surface area contributed by atoms with Gasteiger partial charge in [-0.15, -0.1) is 0 Å². The van der Waals surface area contributed by atoms with Gasteiger partial charge in [-0.25, -0.2) is 0 Å². The molecule has 122 valence electrons. The molecule has 0 heterocycles. The lowest BCUT2D eigenvalue weighted by atomic mass is 9.99. The summed E-state index contributed by atoms with van der Waals surface area (Å²) in [5, 5.41) is 2.84. The quantitative estimate of drug-likeness (QED) is 0.799. The van der Waals surface area contributed by atoms with E-state index in [1.165, 1.54) is 11.1 Å². The highest BCUT2D eigenvalue weighted by Crippen LogP contribution is 2.21. The molecule has 0 aliphatic heterocycles. The minimum Gasteiger partial charge on any atom is -0.484 e. The summed E-state index contributed by atoms with van der Waals surface area (Å²) in [5.41, 5.74) is 3.34. The van der Waals surface area contributed by atoms with Gasteiger partial charge < -0.3 is 10.1 Å². The summed E-state index contributed by atoms with van der Waals surface area (Å²) in [6.45, 7) is 6.49. The maximum Gasteiger partial charge on any atom is 0.262 e. The Morgan fingerprint density at radius 3 is 2.26 bits per heavy atom. The fourth-order valence-corrected chi connectivity index (χ4v) is 2.30. The van der Waals surface area contributed by atoms with E-state index in [0.717, 1.165) is 18.5 Å². The van der Waals surface area contributed by atoms with Gasteiger partial charge in [0.2, 0.25) is 0 Å². The van der Waals surface area contributed by atoms with Crippen molar-refractivity contribution in [3.63, 3.8) is 0 Å². The maximum atomic E-state index is 11.9. The van der Waals surface area contributed by atoms with Crippen LogP contribution in [-0.4, -0.2) is 12.5 Å². The van der Waals surface area contributed by atoms with E-state index >= 15 is 0 Å². The molecule has 0 aromatic heterocycles. The van der Waals surface area contributed by atoms with E-state index in [9.17, 15) is 4.79 Å². The normalized spacial score (nSPS) is 11.8. The molecule has 1 amide bonds. The fourth-order valence-electron chi connectivity index (χ4n) is 2.30. The molecule has 0 aliphatic carbocycles. The molecule has 0 unspecified atom stereocenters. The Kier molecular flexibility index (Phi) is 6.21. The van der Waals surface area contributed by atoms with Crippen LogP contribution in [0.4, 0.5) is 5.69 Å². The SMILES string of the molecule is CCc1ccc(NC(=O)COc2ccc([C@H](C)CC)cc2)cc1. The molecule has 0 saturated heterocycles. The van der Waals surface area contributed by atoms with Crippen molar-refractivity contribution in [2.75, 3.05) is 11.9 Å². The predicted octanol–water partition coefficient (Wildman–Crippen LogP) is 4.78. The van der Waals surface area contributed by atoms with Crippen LogP contribution in [-0.2, 0) is 11.2 Å². The van der Waals surface area contributed by atoms with Gasteiger partial charge in [-0.3, -0.25) is 4.79 Å². The number of nitrogens with one attached hydrogen (secondary N) is 1. The summed E-state index contributed by atoms with van der Waals surface area (Å²) in [5.74, 6) is 1.10. The second-order valence-corrected chi connectivity index (χ2v) is 5.77. The van der Waals surface area contributed by atoms with Crippen molar-refractivity contribution in [1.82, 2.24) is 0 Å². The molecular weight excluding hydrogens is 286 g/mol. The smallest absolute Gasteiger partial charge is 0.262 e. The van der Waals surface area contributed by atoms with E-state index in [2.05, 4.69) is 38.2 Å². The van der Waals surface area contributed by atoms with E-state index in [1.807, 2.05) is 36.4 Å². The Labute approximate surface area is 138 Å². The molecule has 0 radical (unpaired) electrons. The van der Waals surface area contributed by atoms with E-state index < -0.39 is 0 Å². The second-order valence-electron chi connectivity index (χ2n) is 5.77. The lowest BCUT2D eigenvalue weighted by molar-refractivity contribution is -0.118.